The Balaban J connectivity index is 1.60. The molecule has 0 atom stereocenters. The van der Waals surface area contributed by atoms with Crippen LogP contribution in [0.4, 0.5) is 11.4 Å². The number of hydrogen-bond acceptors (Lipinski definition) is 3. The number of hydrogen-bond donors (Lipinski definition) is 2. The normalized spacial score (nSPS) is 13.8. The molecule has 1 heterocycles. The molecular formula is C23H24ClN3O3S. The lowest BCUT2D eigenvalue weighted by molar-refractivity contribution is 0.102. The summed E-state index contributed by atoms with van der Waals surface area (Å²) in [4.78, 5) is 13.0. The van der Waals surface area contributed by atoms with Crippen LogP contribution >= 0.6 is 11.6 Å². The molecule has 0 aliphatic heterocycles. The predicted octanol–water partition coefficient (Wildman–Crippen LogP) is 5.45. The van der Waals surface area contributed by atoms with Gasteiger partial charge in [-0.25, -0.2) is 8.42 Å². The molecule has 0 bridgehead atoms. The van der Waals surface area contributed by atoms with Gasteiger partial charge in [-0.1, -0.05) is 29.8 Å². The lowest BCUT2D eigenvalue weighted by Crippen LogP contribution is -2.17. The fourth-order valence-corrected chi connectivity index (χ4v) is 5.40. The zero-order valence-electron chi connectivity index (χ0n) is 17.6. The summed E-state index contributed by atoms with van der Waals surface area (Å²) in [5.41, 5.74) is 3.85. The molecular weight excluding hydrogens is 434 g/mol. The summed E-state index contributed by atoms with van der Waals surface area (Å²) in [6.07, 6.45) is 2.27. The van der Waals surface area contributed by atoms with Gasteiger partial charge >= 0.3 is 0 Å². The first-order chi connectivity index (χ1) is 14.7. The zero-order chi connectivity index (χ0) is 22.3. The Bertz CT molecular complexity index is 1280. The number of carbonyl (C=O) groups is 1. The summed E-state index contributed by atoms with van der Waals surface area (Å²) < 4.78 is 30.7. The predicted molar refractivity (Wildman–Crippen MR) is 124 cm³/mol. The van der Waals surface area contributed by atoms with Crippen LogP contribution in [-0.2, 0) is 10.0 Å². The lowest BCUT2D eigenvalue weighted by Gasteiger charge is -2.13. The average molecular weight is 458 g/mol. The Kier molecular flexibility index (Phi) is 5.58. The molecule has 3 aromatic rings. The zero-order valence-corrected chi connectivity index (χ0v) is 19.1. The van der Waals surface area contributed by atoms with Crippen LogP contribution in [0.15, 0.2) is 53.4 Å². The molecule has 2 aromatic carbocycles. The van der Waals surface area contributed by atoms with Gasteiger partial charge in [0.25, 0.3) is 15.9 Å². The van der Waals surface area contributed by atoms with Crippen molar-refractivity contribution < 1.29 is 13.2 Å². The van der Waals surface area contributed by atoms with Gasteiger partial charge in [0.15, 0.2) is 0 Å². The van der Waals surface area contributed by atoms with E-state index >= 15 is 0 Å². The Labute approximate surface area is 187 Å². The van der Waals surface area contributed by atoms with Crippen molar-refractivity contribution in [1.29, 1.82) is 0 Å². The highest BCUT2D eigenvalue weighted by Crippen LogP contribution is 2.38. The summed E-state index contributed by atoms with van der Waals surface area (Å²) in [5, 5.41) is 3.15. The van der Waals surface area contributed by atoms with Gasteiger partial charge in [-0.15, -0.1) is 0 Å². The molecule has 1 fully saturated rings. The van der Waals surface area contributed by atoms with Gasteiger partial charge in [-0.3, -0.25) is 9.52 Å². The van der Waals surface area contributed by atoms with Crippen LogP contribution in [0.3, 0.4) is 0 Å². The summed E-state index contributed by atoms with van der Waals surface area (Å²) in [6.45, 7) is 5.65. The van der Waals surface area contributed by atoms with Gasteiger partial charge < -0.3 is 9.88 Å². The molecule has 2 N–H and O–H groups in total. The maximum atomic E-state index is 13.0. The Hall–Kier alpha value is -2.77. The molecule has 0 spiro atoms. The van der Waals surface area contributed by atoms with Gasteiger partial charge in [0.2, 0.25) is 0 Å². The Morgan fingerprint density at radius 3 is 2.45 bits per heavy atom. The highest BCUT2D eigenvalue weighted by molar-refractivity contribution is 7.92. The van der Waals surface area contributed by atoms with Crippen LogP contribution < -0.4 is 10.0 Å². The largest absolute Gasteiger partial charge is 0.345 e. The second kappa shape index (κ2) is 8.05. The number of carbonyl (C=O) groups excluding carboxylic acids is 1. The van der Waals surface area contributed by atoms with Crippen LogP contribution in [0.1, 0.15) is 46.2 Å². The van der Waals surface area contributed by atoms with Gasteiger partial charge in [0.1, 0.15) is 0 Å². The van der Waals surface area contributed by atoms with Crippen molar-refractivity contribution in [3.05, 3.63) is 76.1 Å². The fraction of sp³-hybridized carbons (Fsp3) is 0.261. The van der Waals surface area contributed by atoms with Crippen molar-refractivity contribution in [2.24, 2.45) is 0 Å². The molecule has 1 aromatic heterocycles. The maximum absolute atomic E-state index is 13.0. The molecule has 0 saturated heterocycles. The number of aryl methyl sites for hydroxylation is 2. The molecule has 31 heavy (non-hydrogen) atoms. The van der Waals surface area contributed by atoms with Crippen molar-refractivity contribution >= 4 is 38.9 Å². The van der Waals surface area contributed by atoms with Gasteiger partial charge in [-0.2, -0.15) is 0 Å². The monoisotopic (exact) mass is 457 g/mol. The Morgan fingerprint density at radius 2 is 1.77 bits per heavy atom. The van der Waals surface area contributed by atoms with E-state index in [0.717, 1.165) is 24.2 Å². The minimum absolute atomic E-state index is 0.0775. The summed E-state index contributed by atoms with van der Waals surface area (Å²) >= 11 is 6.10. The first kappa shape index (κ1) is 21.5. The highest BCUT2D eigenvalue weighted by Gasteiger charge is 2.28. The molecule has 0 radical (unpaired) electrons. The lowest BCUT2D eigenvalue weighted by atomic mass is 10.2. The van der Waals surface area contributed by atoms with Crippen LogP contribution in [-0.4, -0.2) is 18.9 Å². The van der Waals surface area contributed by atoms with Gasteiger partial charge in [0.05, 0.1) is 21.2 Å². The van der Waals surface area contributed by atoms with Crippen LogP contribution in [0, 0.1) is 20.8 Å². The second-order valence-corrected chi connectivity index (χ2v) is 9.96. The SMILES string of the molecule is Cc1ccc(NC(=O)c2cc(C)n(C3CC3)c2C)cc1S(=O)(=O)Nc1ccccc1Cl. The highest BCUT2D eigenvalue weighted by atomic mass is 35.5. The quantitative estimate of drug-likeness (QED) is 0.516. The molecule has 8 heteroatoms. The van der Waals surface area contributed by atoms with Crippen LogP contribution in [0.5, 0.6) is 0 Å². The first-order valence-electron chi connectivity index (χ1n) is 10.0. The van der Waals surface area contributed by atoms with Gasteiger partial charge in [0, 0.05) is 23.1 Å². The third-order valence-electron chi connectivity index (χ3n) is 5.49. The minimum Gasteiger partial charge on any atom is -0.345 e. The molecule has 1 aliphatic carbocycles. The van der Waals surface area contributed by atoms with Crippen LogP contribution in [0.25, 0.3) is 0 Å². The van der Waals surface area contributed by atoms with E-state index < -0.39 is 10.0 Å². The molecule has 4 rings (SSSR count). The summed E-state index contributed by atoms with van der Waals surface area (Å²) in [7, 11) is -3.89. The number of nitrogens with zero attached hydrogens (tertiary/aromatic N) is 1. The molecule has 1 aliphatic rings. The number of sulfonamides is 1. The maximum Gasteiger partial charge on any atom is 0.262 e. The molecule has 1 saturated carbocycles. The van der Waals surface area contributed by atoms with E-state index in [1.54, 1.807) is 43.3 Å². The third kappa shape index (κ3) is 4.34. The number of amides is 1. The molecule has 1 amide bonds. The van der Waals surface area contributed by atoms with E-state index in [4.69, 9.17) is 11.6 Å². The number of nitrogens with one attached hydrogen (secondary N) is 2. The van der Waals surface area contributed by atoms with Crippen molar-refractivity contribution in [3.63, 3.8) is 0 Å². The molecule has 6 nitrogen and oxygen atoms in total. The van der Waals surface area contributed by atoms with Crippen LogP contribution in [0.2, 0.25) is 5.02 Å². The van der Waals surface area contributed by atoms with Crippen molar-refractivity contribution in [2.75, 3.05) is 10.0 Å². The van der Waals surface area contributed by atoms with E-state index in [1.807, 2.05) is 19.9 Å². The molecule has 162 valence electrons. The number of para-hydroxylation sites is 1. The first-order valence-corrected chi connectivity index (χ1v) is 11.9. The fourth-order valence-electron chi connectivity index (χ4n) is 3.81. The van der Waals surface area contributed by atoms with Crippen molar-refractivity contribution in [3.8, 4) is 0 Å². The third-order valence-corrected chi connectivity index (χ3v) is 7.33. The van der Waals surface area contributed by atoms with E-state index in [-0.39, 0.29) is 10.8 Å². The smallest absolute Gasteiger partial charge is 0.262 e. The van der Waals surface area contributed by atoms with E-state index in [9.17, 15) is 13.2 Å². The van der Waals surface area contributed by atoms with E-state index in [1.165, 1.54) is 6.07 Å². The van der Waals surface area contributed by atoms with E-state index in [0.29, 0.717) is 33.6 Å². The van der Waals surface area contributed by atoms with Crippen molar-refractivity contribution in [2.45, 2.75) is 44.6 Å². The van der Waals surface area contributed by atoms with E-state index in [2.05, 4.69) is 14.6 Å². The standard InChI is InChI=1S/C23H24ClN3O3S/c1-14-8-9-17(13-22(14)31(29,30)26-21-7-5-4-6-20(21)24)25-23(28)19-12-15(2)27(16(19)3)18-10-11-18/h4-9,12-13,18,26H,10-11H2,1-3H3,(H,25,28). The summed E-state index contributed by atoms with van der Waals surface area (Å²) in [5.74, 6) is -0.258. The number of benzene rings is 2. The molecule has 0 unspecified atom stereocenters. The minimum atomic E-state index is -3.89. The topological polar surface area (TPSA) is 80.2 Å². The second-order valence-electron chi connectivity index (χ2n) is 7.91. The summed E-state index contributed by atoms with van der Waals surface area (Å²) in [6, 6.07) is 13.8. The van der Waals surface area contributed by atoms with Gasteiger partial charge in [-0.05, 0) is 69.5 Å². The average Bonchev–Trinajstić information content (AvgIpc) is 3.49. The number of aromatic nitrogens is 1. The number of halogens is 1. The number of rotatable bonds is 6. The Morgan fingerprint density at radius 1 is 1.06 bits per heavy atom. The van der Waals surface area contributed by atoms with Crippen molar-refractivity contribution in [1.82, 2.24) is 4.57 Å². The number of anilines is 2.